The number of hydrogen-bond donors (Lipinski definition) is 2. The fourth-order valence-corrected chi connectivity index (χ4v) is 3.06. The summed E-state index contributed by atoms with van der Waals surface area (Å²) in [5, 5.41) is 3.33. The first-order chi connectivity index (χ1) is 9.12. The molecule has 0 aliphatic carbocycles. The summed E-state index contributed by atoms with van der Waals surface area (Å²) in [5.74, 6) is 1.71. The molecule has 0 atom stereocenters. The third-order valence-electron chi connectivity index (χ3n) is 3.69. The maximum absolute atomic E-state index is 11.5. The van der Waals surface area contributed by atoms with E-state index in [0.29, 0.717) is 23.4 Å². The highest BCUT2D eigenvalue weighted by Gasteiger charge is 2.17. The molecule has 20 heavy (non-hydrogen) atoms. The molecule has 0 saturated carbocycles. The van der Waals surface area contributed by atoms with Gasteiger partial charge in [-0.25, -0.2) is 8.42 Å². The largest absolute Gasteiger partial charge is 0.397 e. The van der Waals surface area contributed by atoms with E-state index >= 15 is 0 Å². The first-order valence-electron chi connectivity index (χ1n) is 6.96. The Labute approximate surface area is 122 Å². The number of anilines is 2. The van der Waals surface area contributed by atoms with Gasteiger partial charge in [-0.15, -0.1) is 0 Å². The third kappa shape index (κ3) is 4.40. The molecule has 0 bridgehead atoms. The molecule has 0 aliphatic heterocycles. The predicted molar refractivity (Wildman–Crippen MR) is 85.6 cm³/mol. The molecule has 1 aromatic rings. The Kier molecular flexibility index (Phi) is 5.45. The lowest BCUT2D eigenvalue weighted by Gasteiger charge is -2.26. The Morgan fingerprint density at radius 1 is 1.15 bits per heavy atom. The standard InChI is InChI=1S/C15H26N2O2S/c1-10(2)13(11(3)4)9-17-15-7-6-12(8-14(15)16)20(5,18)19/h6-8,10-11,13,17H,9,16H2,1-5H3. The van der Waals surface area contributed by atoms with Gasteiger partial charge in [-0.2, -0.15) is 0 Å². The number of benzene rings is 1. The minimum absolute atomic E-state index is 0.254. The maximum atomic E-state index is 11.5. The summed E-state index contributed by atoms with van der Waals surface area (Å²) in [5.41, 5.74) is 7.20. The van der Waals surface area contributed by atoms with Gasteiger partial charge in [0, 0.05) is 12.8 Å². The van der Waals surface area contributed by atoms with E-state index in [-0.39, 0.29) is 4.90 Å². The predicted octanol–water partition coefficient (Wildman–Crippen LogP) is 3.01. The normalized spacial score (nSPS) is 12.4. The van der Waals surface area contributed by atoms with Crippen LogP contribution in [0.3, 0.4) is 0 Å². The molecule has 0 saturated heterocycles. The van der Waals surface area contributed by atoms with Gasteiger partial charge in [0.25, 0.3) is 0 Å². The van der Waals surface area contributed by atoms with Crippen LogP contribution in [0, 0.1) is 17.8 Å². The third-order valence-corrected chi connectivity index (χ3v) is 4.80. The monoisotopic (exact) mass is 298 g/mol. The summed E-state index contributed by atoms with van der Waals surface area (Å²) < 4.78 is 22.9. The minimum atomic E-state index is -3.21. The van der Waals surface area contributed by atoms with Crippen LogP contribution in [0.25, 0.3) is 0 Å². The molecule has 0 amide bonds. The second-order valence-corrected chi connectivity index (χ2v) is 8.07. The fourth-order valence-electron chi connectivity index (χ4n) is 2.40. The van der Waals surface area contributed by atoms with Crippen molar-refractivity contribution in [3.63, 3.8) is 0 Å². The Morgan fingerprint density at radius 3 is 2.10 bits per heavy atom. The molecule has 3 N–H and O–H groups in total. The summed E-state index contributed by atoms with van der Waals surface area (Å²) >= 11 is 0. The zero-order valence-electron chi connectivity index (χ0n) is 13.0. The van der Waals surface area contributed by atoms with E-state index in [1.54, 1.807) is 12.1 Å². The number of nitrogen functional groups attached to an aromatic ring is 1. The summed E-state index contributed by atoms with van der Waals surface area (Å²) in [6.45, 7) is 9.67. The van der Waals surface area contributed by atoms with Crippen molar-refractivity contribution in [2.75, 3.05) is 23.9 Å². The lowest BCUT2D eigenvalue weighted by atomic mass is 9.85. The molecule has 0 heterocycles. The van der Waals surface area contributed by atoms with E-state index in [4.69, 9.17) is 5.73 Å². The van der Waals surface area contributed by atoms with Crippen molar-refractivity contribution in [2.24, 2.45) is 17.8 Å². The Morgan fingerprint density at radius 2 is 1.70 bits per heavy atom. The maximum Gasteiger partial charge on any atom is 0.175 e. The fraction of sp³-hybridized carbons (Fsp3) is 0.600. The molecular formula is C15H26N2O2S. The minimum Gasteiger partial charge on any atom is -0.397 e. The van der Waals surface area contributed by atoms with Gasteiger partial charge < -0.3 is 11.1 Å². The van der Waals surface area contributed by atoms with Crippen molar-refractivity contribution in [1.29, 1.82) is 0 Å². The van der Waals surface area contributed by atoms with Crippen LogP contribution in [0.4, 0.5) is 11.4 Å². The number of nitrogens with two attached hydrogens (primary N) is 1. The van der Waals surface area contributed by atoms with E-state index < -0.39 is 9.84 Å². The second-order valence-electron chi connectivity index (χ2n) is 6.05. The van der Waals surface area contributed by atoms with Crippen LogP contribution < -0.4 is 11.1 Å². The Hall–Kier alpha value is -1.23. The van der Waals surface area contributed by atoms with Crippen LogP contribution >= 0.6 is 0 Å². The lowest BCUT2D eigenvalue weighted by Crippen LogP contribution is -2.24. The highest BCUT2D eigenvalue weighted by atomic mass is 32.2. The molecule has 0 spiro atoms. The first kappa shape index (κ1) is 16.8. The topological polar surface area (TPSA) is 72.2 Å². The molecule has 114 valence electrons. The van der Waals surface area contributed by atoms with Crippen LogP contribution in [-0.2, 0) is 9.84 Å². The molecule has 5 heteroatoms. The van der Waals surface area contributed by atoms with Crippen LogP contribution in [0.2, 0.25) is 0 Å². The average Bonchev–Trinajstić information content (AvgIpc) is 2.28. The Balaban J connectivity index is 2.84. The van der Waals surface area contributed by atoms with Crippen molar-refractivity contribution in [2.45, 2.75) is 32.6 Å². The SMILES string of the molecule is CC(C)C(CNc1ccc(S(C)(=O)=O)cc1N)C(C)C. The Bertz CT molecular complexity index is 543. The van der Waals surface area contributed by atoms with Crippen molar-refractivity contribution in [1.82, 2.24) is 0 Å². The summed E-state index contributed by atoms with van der Waals surface area (Å²) in [6, 6.07) is 4.84. The summed E-state index contributed by atoms with van der Waals surface area (Å²) in [6.07, 6.45) is 1.18. The van der Waals surface area contributed by atoms with Crippen molar-refractivity contribution < 1.29 is 8.42 Å². The van der Waals surface area contributed by atoms with Crippen LogP contribution in [0.1, 0.15) is 27.7 Å². The highest BCUT2D eigenvalue weighted by Crippen LogP contribution is 2.25. The molecule has 0 radical (unpaired) electrons. The first-order valence-corrected chi connectivity index (χ1v) is 8.85. The lowest BCUT2D eigenvalue weighted by molar-refractivity contribution is 0.304. The van der Waals surface area contributed by atoms with Gasteiger partial charge in [0.1, 0.15) is 0 Å². The van der Waals surface area contributed by atoms with Gasteiger partial charge in [0.05, 0.1) is 16.3 Å². The van der Waals surface area contributed by atoms with E-state index in [0.717, 1.165) is 12.2 Å². The van der Waals surface area contributed by atoms with E-state index in [2.05, 4.69) is 33.0 Å². The molecule has 0 unspecified atom stereocenters. The number of rotatable bonds is 6. The van der Waals surface area contributed by atoms with Crippen molar-refractivity contribution in [3.8, 4) is 0 Å². The average molecular weight is 298 g/mol. The van der Waals surface area contributed by atoms with E-state index in [1.807, 2.05) is 0 Å². The zero-order chi connectivity index (χ0) is 15.5. The molecule has 0 aromatic heterocycles. The van der Waals surface area contributed by atoms with Gasteiger partial charge in [0.15, 0.2) is 9.84 Å². The van der Waals surface area contributed by atoms with Crippen molar-refractivity contribution in [3.05, 3.63) is 18.2 Å². The van der Waals surface area contributed by atoms with Crippen LogP contribution in [0.15, 0.2) is 23.1 Å². The van der Waals surface area contributed by atoms with Crippen LogP contribution in [0.5, 0.6) is 0 Å². The molecule has 1 rings (SSSR count). The molecule has 4 nitrogen and oxygen atoms in total. The number of sulfone groups is 1. The van der Waals surface area contributed by atoms with Gasteiger partial charge in [0.2, 0.25) is 0 Å². The van der Waals surface area contributed by atoms with E-state index in [9.17, 15) is 8.42 Å². The smallest absolute Gasteiger partial charge is 0.175 e. The zero-order valence-corrected chi connectivity index (χ0v) is 13.8. The quantitative estimate of drug-likeness (QED) is 0.792. The highest BCUT2D eigenvalue weighted by molar-refractivity contribution is 7.90. The van der Waals surface area contributed by atoms with Gasteiger partial charge in [-0.3, -0.25) is 0 Å². The van der Waals surface area contributed by atoms with Gasteiger partial charge >= 0.3 is 0 Å². The number of nitrogens with one attached hydrogen (secondary N) is 1. The van der Waals surface area contributed by atoms with Gasteiger partial charge in [-0.05, 0) is 36.0 Å². The second kappa shape index (κ2) is 6.48. The summed E-state index contributed by atoms with van der Waals surface area (Å²) in [7, 11) is -3.21. The van der Waals surface area contributed by atoms with Gasteiger partial charge in [-0.1, -0.05) is 27.7 Å². The van der Waals surface area contributed by atoms with Crippen LogP contribution in [-0.4, -0.2) is 21.2 Å². The number of hydrogen-bond acceptors (Lipinski definition) is 4. The van der Waals surface area contributed by atoms with E-state index in [1.165, 1.54) is 12.3 Å². The summed E-state index contributed by atoms with van der Waals surface area (Å²) in [4.78, 5) is 0.254. The van der Waals surface area contributed by atoms with Crippen molar-refractivity contribution >= 4 is 21.2 Å². The molecular weight excluding hydrogens is 272 g/mol. The molecule has 1 aromatic carbocycles. The molecule has 0 fully saturated rings. The molecule has 0 aliphatic rings.